The van der Waals surface area contributed by atoms with Crippen molar-refractivity contribution in [1.82, 2.24) is 0 Å². The van der Waals surface area contributed by atoms with E-state index >= 15 is 0 Å². The fourth-order valence-electron chi connectivity index (χ4n) is 0.109. The van der Waals surface area contributed by atoms with Gasteiger partial charge in [-0.2, -0.15) is 5.26 Å². The molecule has 0 amide bonds. The van der Waals surface area contributed by atoms with Crippen molar-refractivity contribution >= 4 is 10.8 Å². The second-order valence-electron chi connectivity index (χ2n) is 0.927. The highest BCUT2D eigenvalue weighted by Gasteiger charge is 1.84. The topological polar surface area (TPSA) is 50.1 Å². The maximum atomic E-state index is 10.0. The van der Waals surface area contributed by atoms with Crippen LogP contribution >= 0.6 is 0 Å². The van der Waals surface area contributed by atoms with Gasteiger partial charge in [0.15, 0.2) is 5.94 Å². The minimum atomic E-state index is -1.01. The molecule has 0 N–H and O–H groups in total. The number of hydrogen-bond donors (Lipinski definition) is 0. The summed E-state index contributed by atoms with van der Waals surface area (Å²) in [4.78, 5) is 0. The molecule has 0 saturated heterocycles. The van der Waals surface area contributed by atoms with Crippen molar-refractivity contribution in [3.63, 3.8) is 0 Å². The van der Waals surface area contributed by atoms with E-state index in [1.54, 1.807) is 0 Å². The van der Waals surface area contributed by atoms with E-state index in [1.165, 1.54) is 12.5 Å². The summed E-state index contributed by atoms with van der Waals surface area (Å²) >= 11 is 0. The molecule has 0 aromatic heterocycles. The molecule has 0 rings (SSSR count). The summed E-state index contributed by atoms with van der Waals surface area (Å²) in [6, 6.07) is 0. The standard InChI is InChI=1S/C3H5NO2S/c1-7(5)3-6-2-4/h3H2,1H3. The predicted molar refractivity (Wildman–Crippen MR) is 25.6 cm³/mol. The van der Waals surface area contributed by atoms with Crippen LogP contribution in [0.25, 0.3) is 0 Å². The Bertz CT molecular complexity index is 106. The van der Waals surface area contributed by atoms with E-state index in [2.05, 4.69) is 4.74 Å². The van der Waals surface area contributed by atoms with Gasteiger partial charge in [-0.05, 0) is 0 Å². The average molecular weight is 119 g/mol. The Labute approximate surface area is 44.3 Å². The molecule has 0 bridgehead atoms. The molecular formula is C3H5NO2S. The van der Waals surface area contributed by atoms with Crippen LogP contribution in [0.2, 0.25) is 0 Å². The van der Waals surface area contributed by atoms with E-state index in [9.17, 15) is 4.21 Å². The Morgan fingerprint density at radius 3 is 2.71 bits per heavy atom. The van der Waals surface area contributed by atoms with Gasteiger partial charge in [-0.15, -0.1) is 0 Å². The monoisotopic (exact) mass is 119 g/mol. The maximum absolute atomic E-state index is 10.0. The van der Waals surface area contributed by atoms with Gasteiger partial charge < -0.3 is 4.74 Å². The summed E-state index contributed by atoms with van der Waals surface area (Å²) in [7, 11) is -1.01. The number of ether oxygens (including phenoxy) is 1. The Morgan fingerprint density at radius 1 is 2.00 bits per heavy atom. The summed E-state index contributed by atoms with van der Waals surface area (Å²) < 4.78 is 14.1. The Hall–Kier alpha value is -0.560. The van der Waals surface area contributed by atoms with Crippen molar-refractivity contribution in [2.75, 3.05) is 12.2 Å². The molecular weight excluding hydrogens is 114 g/mol. The zero-order valence-electron chi connectivity index (χ0n) is 3.88. The van der Waals surface area contributed by atoms with E-state index in [0.717, 1.165) is 0 Å². The van der Waals surface area contributed by atoms with E-state index in [0.29, 0.717) is 0 Å². The van der Waals surface area contributed by atoms with Gasteiger partial charge in [0.1, 0.15) is 0 Å². The largest absolute Gasteiger partial charge is 0.414 e. The van der Waals surface area contributed by atoms with Crippen molar-refractivity contribution in [3.8, 4) is 6.26 Å². The molecule has 1 atom stereocenters. The van der Waals surface area contributed by atoms with Gasteiger partial charge in [-0.25, -0.2) is 0 Å². The summed E-state index contributed by atoms with van der Waals surface area (Å²) in [6.07, 6.45) is 2.88. The Morgan fingerprint density at radius 2 is 2.57 bits per heavy atom. The van der Waals surface area contributed by atoms with Gasteiger partial charge >= 0.3 is 0 Å². The molecule has 4 heteroatoms. The van der Waals surface area contributed by atoms with Crippen LogP contribution in [0.1, 0.15) is 0 Å². The SMILES string of the molecule is CS(=O)COC#N. The number of nitrogens with zero attached hydrogens (tertiary/aromatic N) is 1. The molecule has 3 nitrogen and oxygen atoms in total. The van der Waals surface area contributed by atoms with Gasteiger partial charge in [0.05, 0.1) is 10.8 Å². The molecule has 0 saturated carbocycles. The highest BCUT2D eigenvalue weighted by Crippen LogP contribution is 1.72. The number of nitriles is 1. The van der Waals surface area contributed by atoms with E-state index in [-0.39, 0.29) is 5.94 Å². The van der Waals surface area contributed by atoms with Crippen LogP contribution in [0.3, 0.4) is 0 Å². The first kappa shape index (κ1) is 6.44. The maximum Gasteiger partial charge on any atom is 0.287 e. The minimum absolute atomic E-state index is 0.0104. The van der Waals surface area contributed by atoms with Crippen molar-refractivity contribution in [1.29, 1.82) is 5.26 Å². The molecule has 0 aliphatic carbocycles. The molecule has 7 heavy (non-hydrogen) atoms. The van der Waals surface area contributed by atoms with Crippen molar-refractivity contribution in [2.24, 2.45) is 0 Å². The third-order valence-corrected chi connectivity index (χ3v) is 0.739. The number of hydrogen-bond acceptors (Lipinski definition) is 3. The first-order valence-electron chi connectivity index (χ1n) is 1.58. The van der Waals surface area contributed by atoms with Crippen LogP contribution in [0, 0.1) is 11.5 Å². The summed E-state index contributed by atoms with van der Waals surface area (Å²) in [5.74, 6) is 0.0104. The molecule has 1 unspecified atom stereocenters. The molecule has 40 valence electrons. The lowest BCUT2D eigenvalue weighted by atomic mass is 11.5. The fourth-order valence-corrected chi connectivity index (χ4v) is 0.328. The summed E-state index contributed by atoms with van der Waals surface area (Å²) in [5.41, 5.74) is 0. The van der Waals surface area contributed by atoms with Gasteiger partial charge in [0.25, 0.3) is 6.26 Å². The second kappa shape index (κ2) is 3.62. The quantitative estimate of drug-likeness (QED) is 0.474. The van der Waals surface area contributed by atoms with Crippen LogP contribution in [0.4, 0.5) is 0 Å². The fraction of sp³-hybridized carbons (Fsp3) is 0.667. The number of rotatable bonds is 2. The average Bonchev–Trinajstić information content (AvgIpc) is 1.61. The third kappa shape index (κ3) is 5.44. The molecule has 0 aliphatic rings. The van der Waals surface area contributed by atoms with Crippen molar-refractivity contribution in [3.05, 3.63) is 0 Å². The zero-order valence-corrected chi connectivity index (χ0v) is 4.70. The molecule has 0 radical (unpaired) electrons. The normalized spacial score (nSPS) is 12.0. The summed E-state index contributed by atoms with van der Waals surface area (Å²) in [5, 5.41) is 7.71. The van der Waals surface area contributed by atoms with Crippen LogP contribution in [0.15, 0.2) is 0 Å². The predicted octanol–water partition coefficient (Wildman–Crippen LogP) is -0.180. The lowest BCUT2D eigenvalue weighted by Gasteiger charge is -1.85. The lowest BCUT2D eigenvalue weighted by Crippen LogP contribution is -1.93. The minimum Gasteiger partial charge on any atom is -0.414 e. The summed E-state index contributed by atoms with van der Waals surface area (Å²) in [6.45, 7) is 0. The lowest BCUT2D eigenvalue weighted by molar-refractivity contribution is 0.336. The molecule has 0 aromatic rings. The first-order chi connectivity index (χ1) is 3.27. The van der Waals surface area contributed by atoms with Crippen LogP contribution in [-0.2, 0) is 15.5 Å². The van der Waals surface area contributed by atoms with E-state index in [1.807, 2.05) is 0 Å². The highest BCUT2D eigenvalue weighted by molar-refractivity contribution is 7.84. The van der Waals surface area contributed by atoms with Crippen LogP contribution in [-0.4, -0.2) is 16.4 Å². The second-order valence-corrected chi connectivity index (χ2v) is 2.31. The van der Waals surface area contributed by atoms with Crippen molar-refractivity contribution in [2.45, 2.75) is 0 Å². The third-order valence-electron chi connectivity index (χ3n) is 0.289. The zero-order chi connectivity index (χ0) is 5.70. The molecule has 0 heterocycles. The van der Waals surface area contributed by atoms with E-state index in [4.69, 9.17) is 5.26 Å². The van der Waals surface area contributed by atoms with Crippen LogP contribution in [0.5, 0.6) is 0 Å². The van der Waals surface area contributed by atoms with Gasteiger partial charge in [0, 0.05) is 6.26 Å². The molecule has 0 fully saturated rings. The Balaban J connectivity index is 3.02. The molecule has 0 spiro atoms. The highest BCUT2D eigenvalue weighted by atomic mass is 32.2. The van der Waals surface area contributed by atoms with Gasteiger partial charge in [0.2, 0.25) is 0 Å². The molecule has 0 aliphatic heterocycles. The molecule has 0 aromatic carbocycles. The van der Waals surface area contributed by atoms with Gasteiger partial charge in [-0.1, -0.05) is 0 Å². The van der Waals surface area contributed by atoms with E-state index < -0.39 is 10.8 Å². The first-order valence-corrected chi connectivity index (χ1v) is 3.31. The van der Waals surface area contributed by atoms with Crippen molar-refractivity contribution < 1.29 is 8.95 Å². The Kier molecular flexibility index (Phi) is 3.33. The van der Waals surface area contributed by atoms with Gasteiger partial charge in [-0.3, -0.25) is 4.21 Å². The van der Waals surface area contributed by atoms with Crippen LogP contribution < -0.4 is 0 Å². The smallest absolute Gasteiger partial charge is 0.287 e.